The second kappa shape index (κ2) is 9.02. The van der Waals surface area contributed by atoms with Gasteiger partial charge in [-0.1, -0.05) is 60.7 Å². The van der Waals surface area contributed by atoms with Crippen LogP contribution < -0.4 is 5.32 Å². The maximum atomic E-state index is 12.7. The van der Waals surface area contributed by atoms with Crippen molar-refractivity contribution in [2.45, 2.75) is 18.9 Å². The third-order valence-electron chi connectivity index (χ3n) is 4.80. The summed E-state index contributed by atoms with van der Waals surface area (Å²) >= 11 is 0. The summed E-state index contributed by atoms with van der Waals surface area (Å²) in [5.74, 6) is 1.60. The molecule has 2 heterocycles. The highest BCUT2D eigenvalue weighted by atomic mass is 16.3. The van der Waals surface area contributed by atoms with Crippen molar-refractivity contribution in [1.29, 1.82) is 0 Å². The fourth-order valence-electron chi connectivity index (χ4n) is 3.30. The minimum Gasteiger partial charge on any atom is -0.461 e. The van der Waals surface area contributed by atoms with Crippen LogP contribution in [0.5, 0.6) is 0 Å². The van der Waals surface area contributed by atoms with E-state index in [1.165, 1.54) is 0 Å². The molecule has 2 aromatic heterocycles. The first-order chi connectivity index (χ1) is 14.3. The molecule has 4 heteroatoms. The summed E-state index contributed by atoms with van der Waals surface area (Å²) in [4.78, 5) is 16.8. The molecule has 1 atom stereocenters. The van der Waals surface area contributed by atoms with E-state index in [1.54, 1.807) is 12.4 Å². The Morgan fingerprint density at radius 3 is 2.21 bits per heavy atom. The third kappa shape index (κ3) is 4.79. The molecule has 144 valence electrons. The number of aryl methyl sites for hydroxylation is 1. The van der Waals surface area contributed by atoms with Crippen LogP contribution in [0.2, 0.25) is 0 Å². The van der Waals surface area contributed by atoms with Gasteiger partial charge in [0, 0.05) is 30.8 Å². The first-order valence-electron chi connectivity index (χ1n) is 9.68. The van der Waals surface area contributed by atoms with Gasteiger partial charge in [-0.2, -0.15) is 0 Å². The fourth-order valence-corrected chi connectivity index (χ4v) is 3.30. The Hall–Kier alpha value is -3.66. The van der Waals surface area contributed by atoms with Crippen molar-refractivity contribution in [3.8, 4) is 11.3 Å². The number of nitrogens with one attached hydrogen (secondary N) is 1. The zero-order valence-corrected chi connectivity index (χ0v) is 16.0. The van der Waals surface area contributed by atoms with E-state index in [4.69, 9.17) is 4.42 Å². The second-order valence-corrected chi connectivity index (χ2v) is 6.82. The fraction of sp³-hybridized carbons (Fsp3) is 0.120. The van der Waals surface area contributed by atoms with Crippen LogP contribution in [0.25, 0.3) is 11.3 Å². The zero-order valence-electron chi connectivity index (χ0n) is 16.0. The van der Waals surface area contributed by atoms with Crippen LogP contribution in [0.1, 0.15) is 29.3 Å². The molecule has 1 unspecified atom stereocenters. The minimum absolute atomic E-state index is 0.0201. The Kier molecular flexibility index (Phi) is 5.81. The molecule has 1 amide bonds. The van der Waals surface area contributed by atoms with Crippen molar-refractivity contribution in [3.63, 3.8) is 0 Å². The van der Waals surface area contributed by atoms with Gasteiger partial charge < -0.3 is 9.73 Å². The summed E-state index contributed by atoms with van der Waals surface area (Å²) < 4.78 is 5.91. The molecule has 1 N–H and O–H groups in total. The van der Waals surface area contributed by atoms with Gasteiger partial charge in [0.1, 0.15) is 11.5 Å². The van der Waals surface area contributed by atoms with Gasteiger partial charge in [0.05, 0.1) is 6.04 Å². The van der Waals surface area contributed by atoms with Crippen LogP contribution in [0.3, 0.4) is 0 Å². The van der Waals surface area contributed by atoms with Crippen LogP contribution in [0.15, 0.2) is 102 Å². The largest absolute Gasteiger partial charge is 0.461 e. The molecule has 0 aliphatic rings. The molecule has 0 saturated carbocycles. The topological polar surface area (TPSA) is 55.1 Å². The predicted molar refractivity (Wildman–Crippen MR) is 113 cm³/mol. The Balaban J connectivity index is 1.42. The lowest BCUT2D eigenvalue weighted by Gasteiger charge is -2.19. The molecule has 0 radical (unpaired) electrons. The number of hydrogen-bond acceptors (Lipinski definition) is 3. The molecule has 0 fully saturated rings. The predicted octanol–water partition coefficient (Wildman–Crippen LogP) is 5.18. The normalized spacial score (nSPS) is 11.7. The van der Waals surface area contributed by atoms with Crippen LogP contribution in [0, 0.1) is 0 Å². The van der Waals surface area contributed by atoms with Gasteiger partial charge in [0.15, 0.2) is 0 Å². The lowest BCUT2D eigenvalue weighted by Crippen LogP contribution is -2.29. The number of nitrogens with zero attached hydrogens (tertiary/aromatic N) is 1. The Morgan fingerprint density at radius 2 is 1.48 bits per heavy atom. The SMILES string of the molecule is O=C(CCc1ccc(-c2ccccc2)o1)NC(c1ccccc1)c1ccncc1. The monoisotopic (exact) mass is 382 g/mol. The molecule has 0 spiro atoms. The number of furan rings is 1. The van der Waals surface area contributed by atoms with Gasteiger partial charge in [-0.05, 0) is 35.4 Å². The molecule has 0 bridgehead atoms. The highest BCUT2D eigenvalue weighted by Crippen LogP contribution is 2.24. The lowest BCUT2D eigenvalue weighted by atomic mass is 9.99. The summed E-state index contributed by atoms with van der Waals surface area (Å²) in [7, 11) is 0. The first kappa shape index (κ1) is 18.7. The van der Waals surface area contributed by atoms with Crippen LogP contribution >= 0.6 is 0 Å². The molecule has 0 aliphatic heterocycles. The van der Waals surface area contributed by atoms with Gasteiger partial charge >= 0.3 is 0 Å². The standard InChI is InChI=1S/C25H22N2O2/c28-24(14-12-22-11-13-23(29-22)19-7-3-1-4-8-19)27-25(20-9-5-2-6-10-20)21-15-17-26-18-16-21/h1-11,13,15-18,25H,12,14H2,(H,27,28). The number of rotatable bonds is 7. The Morgan fingerprint density at radius 1 is 0.828 bits per heavy atom. The average Bonchev–Trinajstić information content (AvgIpc) is 3.27. The second-order valence-electron chi connectivity index (χ2n) is 6.82. The molecular weight excluding hydrogens is 360 g/mol. The number of pyridine rings is 1. The van der Waals surface area contributed by atoms with Crippen molar-refractivity contribution >= 4 is 5.91 Å². The molecule has 4 rings (SSSR count). The van der Waals surface area contributed by atoms with Crippen molar-refractivity contribution in [2.24, 2.45) is 0 Å². The number of carbonyl (C=O) groups is 1. The summed E-state index contributed by atoms with van der Waals surface area (Å²) in [5, 5.41) is 3.15. The smallest absolute Gasteiger partial charge is 0.221 e. The van der Waals surface area contributed by atoms with Gasteiger partial charge in [-0.3, -0.25) is 9.78 Å². The lowest BCUT2D eigenvalue weighted by molar-refractivity contribution is -0.121. The van der Waals surface area contributed by atoms with Gasteiger partial charge in [0.25, 0.3) is 0 Å². The highest BCUT2D eigenvalue weighted by molar-refractivity contribution is 5.77. The van der Waals surface area contributed by atoms with E-state index >= 15 is 0 Å². The summed E-state index contributed by atoms with van der Waals surface area (Å²) in [6, 6.07) is 27.4. The number of aromatic nitrogens is 1. The highest BCUT2D eigenvalue weighted by Gasteiger charge is 2.17. The Labute approximate surface area is 170 Å². The van der Waals surface area contributed by atoms with E-state index in [-0.39, 0.29) is 11.9 Å². The van der Waals surface area contributed by atoms with Crippen LogP contribution in [-0.2, 0) is 11.2 Å². The van der Waals surface area contributed by atoms with E-state index in [9.17, 15) is 4.79 Å². The summed E-state index contributed by atoms with van der Waals surface area (Å²) in [6.07, 6.45) is 4.39. The number of hydrogen-bond donors (Lipinski definition) is 1. The number of amides is 1. The van der Waals surface area contributed by atoms with Crippen molar-refractivity contribution in [3.05, 3.63) is 114 Å². The Bertz CT molecular complexity index is 1000. The van der Waals surface area contributed by atoms with Crippen LogP contribution in [-0.4, -0.2) is 10.9 Å². The van der Waals surface area contributed by atoms with Crippen LogP contribution in [0.4, 0.5) is 0 Å². The van der Waals surface area contributed by atoms with E-state index < -0.39 is 0 Å². The first-order valence-corrected chi connectivity index (χ1v) is 9.68. The maximum absolute atomic E-state index is 12.7. The quantitative estimate of drug-likeness (QED) is 0.479. The van der Waals surface area contributed by atoms with Gasteiger partial charge in [-0.15, -0.1) is 0 Å². The molecule has 4 aromatic rings. The molecule has 0 aliphatic carbocycles. The average molecular weight is 382 g/mol. The number of carbonyl (C=O) groups excluding carboxylic acids is 1. The van der Waals surface area contributed by atoms with Gasteiger partial charge in [-0.25, -0.2) is 0 Å². The van der Waals surface area contributed by atoms with E-state index in [1.807, 2.05) is 84.9 Å². The maximum Gasteiger partial charge on any atom is 0.221 e. The van der Waals surface area contributed by atoms with Gasteiger partial charge in [0.2, 0.25) is 5.91 Å². The summed E-state index contributed by atoms with van der Waals surface area (Å²) in [6.45, 7) is 0. The number of benzene rings is 2. The third-order valence-corrected chi connectivity index (χ3v) is 4.80. The van der Waals surface area contributed by atoms with Crippen molar-refractivity contribution in [2.75, 3.05) is 0 Å². The molecule has 4 nitrogen and oxygen atoms in total. The van der Waals surface area contributed by atoms with Crippen molar-refractivity contribution in [1.82, 2.24) is 10.3 Å². The molecular formula is C25H22N2O2. The van der Waals surface area contributed by atoms with E-state index in [2.05, 4.69) is 10.3 Å². The van der Waals surface area contributed by atoms with Crippen molar-refractivity contribution < 1.29 is 9.21 Å². The molecule has 2 aromatic carbocycles. The molecule has 0 saturated heterocycles. The van der Waals surface area contributed by atoms with E-state index in [0.717, 1.165) is 28.2 Å². The summed E-state index contributed by atoms with van der Waals surface area (Å²) in [5.41, 5.74) is 3.07. The van der Waals surface area contributed by atoms with E-state index in [0.29, 0.717) is 12.8 Å². The molecule has 29 heavy (non-hydrogen) atoms. The zero-order chi connectivity index (χ0) is 19.9. The minimum atomic E-state index is -0.205.